The second-order valence-electron chi connectivity index (χ2n) is 6.20. The van der Waals surface area contributed by atoms with E-state index in [-0.39, 0.29) is 12.3 Å². The molecule has 0 aliphatic rings. The van der Waals surface area contributed by atoms with Crippen molar-refractivity contribution in [2.75, 3.05) is 5.32 Å². The lowest BCUT2D eigenvalue weighted by molar-refractivity contribution is -0.116. The Morgan fingerprint density at radius 2 is 1.89 bits per heavy atom. The molecule has 6 nitrogen and oxygen atoms in total. The zero-order chi connectivity index (χ0) is 18.6. The van der Waals surface area contributed by atoms with Crippen LogP contribution >= 0.6 is 0 Å². The molecule has 0 atom stereocenters. The maximum absolute atomic E-state index is 12.4. The molecule has 0 aliphatic carbocycles. The van der Waals surface area contributed by atoms with Crippen LogP contribution in [-0.4, -0.2) is 20.4 Å². The minimum atomic E-state index is -0.112. The molecule has 6 heteroatoms. The fraction of sp³-hybridized carbons (Fsp3) is 0.190. The van der Waals surface area contributed by atoms with Gasteiger partial charge in [-0.05, 0) is 19.1 Å². The highest BCUT2D eigenvalue weighted by Gasteiger charge is 2.13. The largest absolute Gasteiger partial charge is 0.441 e. The molecule has 2 aromatic carbocycles. The van der Waals surface area contributed by atoms with Crippen molar-refractivity contribution >= 4 is 22.9 Å². The number of benzene rings is 2. The molecule has 0 aliphatic heterocycles. The number of imidazole rings is 1. The van der Waals surface area contributed by atoms with Crippen molar-refractivity contribution in [1.82, 2.24) is 14.5 Å². The molecule has 2 aromatic heterocycles. The highest BCUT2D eigenvalue weighted by molar-refractivity contribution is 5.91. The van der Waals surface area contributed by atoms with Crippen molar-refractivity contribution in [1.29, 1.82) is 0 Å². The third-order valence-corrected chi connectivity index (χ3v) is 4.40. The molecule has 0 saturated carbocycles. The van der Waals surface area contributed by atoms with E-state index in [1.165, 1.54) is 0 Å². The van der Waals surface area contributed by atoms with Crippen molar-refractivity contribution in [3.8, 4) is 11.3 Å². The summed E-state index contributed by atoms with van der Waals surface area (Å²) >= 11 is 0. The van der Waals surface area contributed by atoms with Crippen LogP contribution in [0.3, 0.4) is 0 Å². The van der Waals surface area contributed by atoms with E-state index >= 15 is 0 Å². The Hall–Kier alpha value is -3.41. The first-order valence-electron chi connectivity index (χ1n) is 9.00. The van der Waals surface area contributed by atoms with Gasteiger partial charge in [-0.25, -0.2) is 9.97 Å². The highest BCUT2D eigenvalue weighted by atomic mass is 16.4. The third kappa shape index (κ3) is 3.60. The first kappa shape index (κ1) is 17.0. The number of oxazole rings is 1. The zero-order valence-corrected chi connectivity index (χ0v) is 15.1. The molecule has 4 rings (SSSR count). The number of nitrogens with one attached hydrogen (secondary N) is 1. The first-order chi connectivity index (χ1) is 13.2. The van der Waals surface area contributed by atoms with Gasteiger partial charge in [-0.2, -0.15) is 0 Å². The highest BCUT2D eigenvalue weighted by Crippen LogP contribution is 2.21. The number of aromatic nitrogens is 3. The van der Waals surface area contributed by atoms with Gasteiger partial charge in [0.05, 0.1) is 17.2 Å². The lowest BCUT2D eigenvalue weighted by Gasteiger charge is -2.07. The van der Waals surface area contributed by atoms with E-state index < -0.39 is 0 Å². The number of carbonyl (C=O) groups excluding carboxylic acids is 1. The Labute approximate surface area is 156 Å². The number of hydrogen-bond acceptors (Lipinski definition) is 4. The van der Waals surface area contributed by atoms with Gasteiger partial charge in [-0.3, -0.25) is 10.1 Å². The van der Waals surface area contributed by atoms with Crippen LogP contribution in [0.5, 0.6) is 0 Å². The molecule has 0 spiro atoms. The van der Waals surface area contributed by atoms with E-state index in [9.17, 15) is 4.79 Å². The molecule has 0 fully saturated rings. The molecule has 136 valence electrons. The minimum Gasteiger partial charge on any atom is -0.441 e. The fourth-order valence-electron chi connectivity index (χ4n) is 3.06. The standard InChI is InChI=1S/C21H20N4O2/c1-2-25-17-11-7-6-10-16(17)23-21(25)24-19(26)12-13-20-22-14-18(27-20)15-8-4-3-5-9-15/h3-11,14H,2,12-13H2,1H3,(H,23,24,26). The van der Waals surface area contributed by atoms with E-state index in [1.54, 1.807) is 6.20 Å². The number of amides is 1. The van der Waals surface area contributed by atoms with Crippen LogP contribution < -0.4 is 5.32 Å². The van der Waals surface area contributed by atoms with E-state index in [1.807, 2.05) is 66.1 Å². The summed E-state index contributed by atoms with van der Waals surface area (Å²) in [5.74, 6) is 1.72. The lowest BCUT2D eigenvalue weighted by atomic mass is 10.2. The van der Waals surface area contributed by atoms with E-state index in [0.29, 0.717) is 24.0 Å². The van der Waals surface area contributed by atoms with Crippen LogP contribution in [-0.2, 0) is 17.8 Å². The van der Waals surface area contributed by atoms with Crippen LogP contribution in [0.2, 0.25) is 0 Å². The van der Waals surface area contributed by atoms with Crippen molar-refractivity contribution in [2.45, 2.75) is 26.3 Å². The summed E-state index contributed by atoms with van der Waals surface area (Å²) in [5, 5.41) is 2.90. The van der Waals surface area contributed by atoms with Gasteiger partial charge in [-0.15, -0.1) is 0 Å². The maximum Gasteiger partial charge on any atom is 0.227 e. The Bertz CT molecular complexity index is 1070. The van der Waals surface area contributed by atoms with Gasteiger partial charge >= 0.3 is 0 Å². The number of rotatable bonds is 6. The van der Waals surface area contributed by atoms with Crippen molar-refractivity contribution in [3.63, 3.8) is 0 Å². The van der Waals surface area contributed by atoms with E-state index in [4.69, 9.17) is 4.42 Å². The van der Waals surface area contributed by atoms with Gasteiger partial charge in [0.25, 0.3) is 0 Å². The molecule has 2 heterocycles. The molecule has 0 bridgehead atoms. The van der Waals surface area contributed by atoms with Gasteiger partial charge in [-0.1, -0.05) is 42.5 Å². The third-order valence-electron chi connectivity index (χ3n) is 4.40. The Morgan fingerprint density at radius 3 is 2.70 bits per heavy atom. The molecule has 1 amide bonds. The monoisotopic (exact) mass is 360 g/mol. The average molecular weight is 360 g/mol. The van der Waals surface area contributed by atoms with Crippen LogP contribution in [0.4, 0.5) is 5.95 Å². The van der Waals surface area contributed by atoms with Crippen molar-refractivity contribution in [2.24, 2.45) is 0 Å². The predicted molar refractivity (Wildman–Crippen MR) is 104 cm³/mol. The second-order valence-corrected chi connectivity index (χ2v) is 6.20. The molecule has 4 aromatic rings. The van der Waals surface area contributed by atoms with Crippen LogP contribution in [0.15, 0.2) is 65.2 Å². The number of aryl methyl sites for hydroxylation is 2. The van der Waals surface area contributed by atoms with Gasteiger partial charge in [0.1, 0.15) is 0 Å². The summed E-state index contributed by atoms with van der Waals surface area (Å²) < 4.78 is 7.74. The normalized spacial score (nSPS) is 11.0. The predicted octanol–water partition coefficient (Wildman–Crippen LogP) is 4.28. The minimum absolute atomic E-state index is 0.112. The Balaban J connectivity index is 1.41. The van der Waals surface area contributed by atoms with Gasteiger partial charge in [0.2, 0.25) is 11.9 Å². The molecule has 0 saturated heterocycles. The quantitative estimate of drug-likeness (QED) is 0.557. The number of carbonyl (C=O) groups is 1. The van der Waals surface area contributed by atoms with Crippen LogP contribution in [0, 0.1) is 0 Å². The van der Waals surface area contributed by atoms with Gasteiger partial charge in [0.15, 0.2) is 11.7 Å². The number of fused-ring (bicyclic) bond motifs is 1. The van der Waals surface area contributed by atoms with E-state index in [2.05, 4.69) is 15.3 Å². The van der Waals surface area contributed by atoms with Crippen LogP contribution in [0.1, 0.15) is 19.2 Å². The maximum atomic E-state index is 12.4. The smallest absolute Gasteiger partial charge is 0.227 e. The molecular weight excluding hydrogens is 340 g/mol. The second kappa shape index (κ2) is 7.45. The number of nitrogens with zero attached hydrogens (tertiary/aromatic N) is 3. The summed E-state index contributed by atoms with van der Waals surface area (Å²) in [5.41, 5.74) is 2.85. The number of para-hydroxylation sites is 2. The van der Waals surface area contributed by atoms with Crippen LogP contribution in [0.25, 0.3) is 22.4 Å². The molecule has 0 unspecified atom stereocenters. The van der Waals surface area contributed by atoms with Crippen molar-refractivity contribution in [3.05, 3.63) is 66.7 Å². The first-order valence-corrected chi connectivity index (χ1v) is 9.00. The van der Waals surface area contributed by atoms with E-state index in [0.717, 1.165) is 23.1 Å². The topological polar surface area (TPSA) is 73.0 Å². The summed E-state index contributed by atoms with van der Waals surface area (Å²) in [6, 6.07) is 17.6. The zero-order valence-electron chi connectivity index (χ0n) is 15.1. The molecular formula is C21H20N4O2. The lowest BCUT2D eigenvalue weighted by Crippen LogP contribution is -2.16. The van der Waals surface area contributed by atoms with Crippen molar-refractivity contribution < 1.29 is 9.21 Å². The molecule has 1 N–H and O–H groups in total. The fourth-order valence-corrected chi connectivity index (χ4v) is 3.06. The summed E-state index contributed by atoms with van der Waals surface area (Å²) in [6.45, 7) is 2.76. The molecule has 0 radical (unpaired) electrons. The summed E-state index contributed by atoms with van der Waals surface area (Å²) in [4.78, 5) is 21.2. The number of anilines is 1. The summed E-state index contributed by atoms with van der Waals surface area (Å²) in [7, 11) is 0. The number of hydrogen-bond donors (Lipinski definition) is 1. The molecule has 27 heavy (non-hydrogen) atoms. The summed E-state index contributed by atoms with van der Waals surface area (Å²) in [6.07, 6.45) is 2.41. The Kier molecular flexibility index (Phi) is 4.70. The van der Waals surface area contributed by atoms with Gasteiger partial charge in [0, 0.05) is 24.9 Å². The Morgan fingerprint density at radius 1 is 1.11 bits per heavy atom. The SMILES string of the molecule is CCn1c(NC(=O)CCc2ncc(-c3ccccc3)o2)nc2ccccc21. The van der Waals surface area contributed by atoms with Gasteiger partial charge < -0.3 is 8.98 Å². The average Bonchev–Trinajstić information content (AvgIpc) is 3.31.